The lowest BCUT2D eigenvalue weighted by molar-refractivity contribution is -0.274. The number of aliphatic imine (C=N–C) groups is 1. The van der Waals surface area contributed by atoms with E-state index in [9.17, 15) is 13.2 Å². The van der Waals surface area contributed by atoms with Crippen LogP contribution in [0.2, 0.25) is 0 Å². The van der Waals surface area contributed by atoms with Gasteiger partial charge in [-0.15, -0.1) is 13.2 Å². The molecule has 2 rings (SSSR count). The third-order valence-electron chi connectivity index (χ3n) is 3.74. The third-order valence-corrected chi connectivity index (χ3v) is 3.74. The molecule has 0 saturated heterocycles. The van der Waals surface area contributed by atoms with Gasteiger partial charge >= 0.3 is 6.36 Å². The van der Waals surface area contributed by atoms with E-state index in [1.165, 1.54) is 24.3 Å². The molecule has 0 bridgehead atoms. The van der Waals surface area contributed by atoms with Gasteiger partial charge in [-0.1, -0.05) is 19.9 Å². The molecule has 0 amide bonds. The van der Waals surface area contributed by atoms with Crippen molar-refractivity contribution in [3.8, 4) is 5.75 Å². The fraction of sp³-hybridized carbons (Fsp3) is 0.333. The molecule has 8 heteroatoms. The van der Waals surface area contributed by atoms with Gasteiger partial charge in [-0.2, -0.15) is 0 Å². The Bertz CT molecular complexity index is 715. The Balaban J connectivity index is 1.98. The third kappa shape index (κ3) is 6.27. The van der Waals surface area contributed by atoms with Gasteiger partial charge in [-0.3, -0.25) is 9.98 Å². The Labute approximate surface area is 150 Å². The number of nitrogens with two attached hydrogens (primary N) is 1. The van der Waals surface area contributed by atoms with Gasteiger partial charge in [0, 0.05) is 30.5 Å². The number of nitrogens with one attached hydrogen (secondary N) is 1. The molecular formula is C18H21F3N4O. The van der Waals surface area contributed by atoms with Crippen LogP contribution in [0.15, 0.2) is 53.8 Å². The smallest absolute Gasteiger partial charge is 0.406 e. The topological polar surface area (TPSA) is 72.5 Å². The van der Waals surface area contributed by atoms with Crippen molar-refractivity contribution in [1.29, 1.82) is 0 Å². The van der Waals surface area contributed by atoms with Gasteiger partial charge in [-0.05, 0) is 41.8 Å². The number of rotatable bonds is 6. The summed E-state index contributed by atoms with van der Waals surface area (Å²) in [6.07, 6.45) is -1.19. The molecule has 140 valence electrons. The van der Waals surface area contributed by atoms with Gasteiger partial charge in [0.1, 0.15) is 5.75 Å². The first-order valence-electron chi connectivity index (χ1n) is 8.07. The normalized spacial score (nSPS) is 13.5. The molecule has 1 aromatic heterocycles. The SMILES string of the molecule is CC(C)C(CN=C(N)Nc1ccc(OC(F)(F)F)cc1)c1cccnc1. The maximum Gasteiger partial charge on any atom is 0.573 e. The Hall–Kier alpha value is -2.77. The highest BCUT2D eigenvalue weighted by Gasteiger charge is 2.30. The lowest BCUT2D eigenvalue weighted by Gasteiger charge is -2.19. The van der Waals surface area contributed by atoms with E-state index in [-0.39, 0.29) is 17.6 Å². The standard InChI is InChI=1S/C18H21F3N4O/c1-12(2)16(13-4-3-9-23-10-13)11-24-17(22)25-14-5-7-15(8-6-14)26-18(19,20)21/h3-10,12,16H,11H2,1-2H3,(H3,22,24,25). The lowest BCUT2D eigenvalue weighted by atomic mass is 9.89. The molecule has 0 spiro atoms. The van der Waals surface area contributed by atoms with Crippen molar-refractivity contribution in [3.63, 3.8) is 0 Å². The number of ether oxygens (including phenoxy) is 1. The number of hydrogen-bond acceptors (Lipinski definition) is 3. The van der Waals surface area contributed by atoms with Crippen molar-refractivity contribution in [1.82, 2.24) is 4.98 Å². The molecule has 1 aromatic carbocycles. The number of halogens is 3. The van der Waals surface area contributed by atoms with Crippen LogP contribution in [0.3, 0.4) is 0 Å². The second kappa shape index (κ2) is 8.55. The molecule has 0 saturated carbocycles. The van der Waals surface area contributed by atoms with Crippen LogP contribution in [0.4, 0.5) is 18.9 Å². The van der Waals surface area contributed by atoms with E-state index in [0.29, 0.717) is 18.2 Å². The summed E-state index contributed by atoms with van der Waals surface area (Å²) in [5.74, 6) is 0.389. The molecule has 5 nitrogen and oxygen atoms in total. The van der Waals surface area contributed by atoms with E-state index < -0.39 is 6.36 Å². The van der Waals surface area contributed by atoms with E-state index in [1.807, 2.05) is 18.3 Å². The first-order chi connectivity index (χ1) is 12.2. The van der Waals surface area contributed by atoms with Crippen LogP contribution in [-0.2, 0) is 0 Å². The summed E-state index contributed by atoms with van der Waals surface area (Å²) in [6, 6.07) is 9.15. The highest BCUT2D eigenvalue weighted by molar-refractivity contribution is 5.92. The van der Waals surface area contributed by atoms with Crippen molar-refractivity contribution in [2.45, 2.75) is 26.1 Å². The van der Waals surface area contributed by atoms with E-state index >= 15 is 0 Å². The highest BCUT2D eigenvalue weighted by atomic mass is 19.4. The summed E-state index contributed by atoms with van der Waals surface area (Å²) in [7, 11) is 0. The molecule has 0 aliphatic carbocycles. The summed E-state index contributed by atoms with van der Waals surface area (Å²) in [6.45, 7) is 4.66. The average molecular weight is 366 g/mol. The van der Waals surface area contributed by atoms with Crippen LogP contribution in [0.5, 0.6) is 5.75 Å². The number of aromatic nitrogens is 1. The van der Waals surface area contributed by atoms with Crippen molar-refractivity contribution >= 4 is 11.6 Å². The molecule has 1 heterocycles. The number of benzene rings is 1. The zero-order valence-corrected chi connectivity index (χ0v) is 14.5. The van der Waals surface area contributed by atoms with Gasteiger partial charge < -0.3 is 15.8 Å². The van der Waals surface area contributed by atoms with Crippen molar-refractivity contribution < 1.29 is 17.9 Å². The maximum atomic E-state index is 12.2. The molecule has 0 aliphatic heterocycles. The van der Waals surface area contributed by atoms with Crippen LogP contribution in [0, 0.1) is 5.92 Å². The van der Waals surface area contributed by atoms with Crippen LogP contribution >= 0.6 is 0 Å². The number of anilines is 1. The molecular weight excluding hydrogens is 345 g/mol. The number of nitrogens with zero attached hydrogens (tertiary/aromatic N) is 2. The second-order valence-corrected chi connectivity index (χ2v) is 6.06. The first kappa shape index (κ1) is 19.6. The molecule has 1 unspecified atom stereocenters. The Morgan fingerprint density at radius 1 is 1.23 bits per heavy atom. The number of guanidine groups is 1. The van der Waals surface area contributed by atoms with E-state index in [2.05, 4.69) is 33.9 Å². The fourth-order valence-corrected chi connectivity index (χ4v) is 2.42. The molecule has 26 heavy (non-hydrogen) atoms. The monoisotopic (exact) mass is 366 g/mol. The number of pyridine rings is 1. The lowest BCUT2D eigenvalue weighted by Crippen LogP contribution is -2.24. The van der Waals surface area contributed by atoms with Gasteiger partial charge in [-0.25, -0.2) is 0 Å². The summed E-state index contributed by atoms with van der Waals surface area (Å²) in [5, 5.41) is 2.85. The number of alkyl halides is 3. The quantitative estimate of drug-likeness (QED) is 0.595. The Morgan fingerprint density at radius 2 is 1.92 bits per heavy atom. The minimum atomic E-state index is -4.71. The van der Waals surface area contributed by atoms with E-state index in [1.54, 1.807) is 6.20 Å². The predicted molar refractivity (Wildman–Crippen MR) is 95.1 cm³/mol. The second-order valence-electron chi connectivity index (χ2n) is 6.06. The highest BCUT2D eigenvalue weighted by Crippen LogP contribution is 2.25. The predicted octanol–water partition coefficient (Wildman–Crippen LogP) is 4.15. The Kier molecular flexibility index (Phi) is 6.43. The number of hydrogen-bond donors (Lipinski definition) is 2. The first-order valence-corrected chi connectivity index (χ1v) is 8.07. The fourth-order valence-electron chi connectivity index (χ4n) is 2.42. The van der Waals surface area contributed by atoms with E-state index in [0.717, 1.165) is 5.56 Å². The molecule has 0 aliphatic rings. The molecule has 3 N–H and O–H groups in total. The van der Waals surface area contributed by atoms with Crippen LogP contribution in [0.25, 0.3) is 0 Å². The Morgan fingerprint density at radius 3 is 2.46 bits per heavy atom. The van der Waals surface area contributed by atoms with Crippen molar-refractivity contribution in [2.75, 3.05) is 11.9 Å². The zero-order chi connectivity index (χ0) is 19.2. The summed E-state index contributed by atoms with van der Waals surface area (Å²) in [4.78, 5) is 8.47. The summed E-state index contributed by atoms with van der Waals surface area (Å²) >= 11 is 0. The molecule has 0 fully saturated rings. The average Bonchev–Trinajstić information content (AvgIpc) is 2.56. The van der Waals surface area contributed by atoms with E-state index in [4.69, 9.17) is 5.73 Å². The van der Waals surface area contributed by atoms with Crippen LogP contribution in [0.1, 0.15) is 25.3 Å². The largest absolute Gasteiger partial charge is 0.573 e. The van der Waals surface area contributed by atoms with Gasteiger partial charge in [0.05, 0.1) is 0 Å². The van der Waals surface area contributed by atoms with Gasteiger partial charge in [0.15, 0.2) is 5.96 Å². The van der Waals surface area contributed by atoms with Crippen molar-refractivity contribution in [3.05, 3.63) is 54.4 Å². The minimum absolute atomic E-state index is 0.159. The van der Waals surface area contributed by atoms with Gasteiger partial charge in [0.25, 0.3) is 0 Å². The zero-order valence-electron chi connectivity index (χ0n) is 14.5. The summed E-state index contributed by atoms with van der Waals surface area (Å²) in [5.41, 5.74) is 7.48. The maximum absolute atomic E-state index is 12.2. The van der Waals surface area contributed by atoms with Crippen LogP contribution < -0.4 is 15.8 Å². The molecule has 1 atom stereocenters. The molecule has 0 radical (unpaired) electrons. The van der Waals surface area contributed by atoms with Crippen molar-refractivity contribution in [2.24, 2.45) is 16.6 Å². The minimum Gasteiger partial charge on any atom is -0.406 e. The van der Waals surface area contributed by atoms with Gasteiger partial charge in [0.2, 0.25) is 0 Å². The molecule has 2 aromatic rings. The summed E-state index contributed by atoms with van der Waals surface area (Å²) < 4.78 is 40.3. The van der Waals surface area contributed by atoms with Crippen LogP contribution in [-0.4, -0.2) is 23.9 Å².